The van der Waals surface area contributed by atoms with Crippen molar-refractivity contribution in [1.29, 1.82) is 0 Å². The first-order chi connectivity index (χ1) is 14.7. The van der Waals surface area contributed by atoms with Crippen molar-refractivity contribution in [3.8, 4) is 11.5 Å². The minimum absolute atomic E-state index is 0.00373. The van der Waals surface area contributed by atoms with Gasteiger partial charge < -0.3 is 9.47 Å². The number of amides is 1. The standard InChI is InChI=1S/C26H29NO4/c1-16-6-8-17(9-7-16)27-21-14-26(2,3)15-22(28)25(21)20(13-24(27)29)19-11-10-18(30-4)12-23(19)31-5/h6-12,20H,13-15H2,1-5H3/t20-/m0/s1. The maximum Gasteiger partial charge on any atom is 0.232 e. The number of methoxy groups -OCH3 is 2. The van der Waals surface area contributed by atoms with Gasteiger partial charge in [0.15, 0.2) is 5.78 Å². The molecule has 0 saturated heterocycles. The van der Waals surface area contributed by atoms with Gasteiger partial charge in [0.1, 0.15) is 11.5 Å². The van der Waals surface area contributed by atoms with Crippen molar-refractivity contribution in [3.63, 3.8) is 0 Å². The molecule has 0 bridgehead atoms. The number of nitrogens with zero attached hydrogens (tertiary/aromatic N) is 1. The molecule has 0 saturated carbocycles. The molecule has 2 aromatic carbocycles. The number of benzene rings is 2. The molecular formula is C26H29NO4. The third-order valence-corrected chi connectivity index (χ3v) is 6.25. The Morgan fingerprint density at radius 1 is 0.968 bits per heavy atom. The van der Waals surface area contributed by atoms with Crippen LogP contribution in [0.25, 0.3) is 0 Å². The maximum atomic E-state index is 13.5. The molecule has 5 nitrogen and oxygen atoms in total. The third-order valence-electron chi connectivity index (χ3n) is 6.25. The van der Waals surface area contributed by atoms with Gasteiger partial charge in [-0.1, -0.05) is 37.6 Å². The van der Waals surface area contributed by atoms with Crippen LogP contribution in [0, 0.1) is 12.3 Å². The van der Waals surface area contributed by atoms with Gasteiger partial charge in [0.25, 0.3) is 0 Å². The van der Waals surface area contributed by atoms with Gasteiger partial charge in [0.2, 0.25) is 5.91 Å². The molecule has 0 radical (unpaired) electrons. The second-order valence-electron chi connectivity index (χ2n) is 9.23. The van der Waals surface area contributed by atoms with Gasteiger partial charge in [-0.05, 0) is 37.0 Å². The molecule has 0 unspecified atom stereocenters. The highest BCUT2D eigenvalue weighted by Gasteiger charge is 2.45. The van der Waals surface area contributed by atoms with Crippen molar-refractivity contribution in [2.45, 2.75) is 46.0 Å². The molecule has 1 aliphatic carbocycles. The van der Waals surface area contributed by atoms with Crippen LogP contribution in [0.15, 0.2) is 53.7 Å². The normalized spacial score (nSPS) is 20.5. The lowest BCUT2D eigenvalue weighted by atomic mass is 9.69. The topological polar surface area (TPSA) is 55.8 Å². The van der Waals surface area contributed by atoms with E-state index in [0.29, 0.717) is 24.3 Å². The zero-order valence-electron chi connectivity index (χ0n) is 18.8. The van der Waals surface area contributed by atoms with Crippen molar-refractivity contribution in [2.24, 2.45) is 5.41 Å². The van der Waals surface area contributed by atoms with Crippen LogP contribution >= 0.6 is 0 Å². The number of aryl methyl sites for hydroxylation is 1. The van der Waals surface area contributed by atoms with Gasteiger partial charge in [-0.3, -0.25) is 14.5 Å². The van der Waals surface area contributed by atoms with Crippen LogP contribution in [-0.4, -0.2) is 25.9 Å². The summed E-state index contributed by atoms with van der Waals surface area (Å²) < 4.78 is 10.9. The summed E-state index contributed by atoms with van der Waals surface area (Å²) in [7, 11) is 3.20. The van der Waals surface area contributed by atoms with E-state index in [9.17, 15) is 9.59 Å². The number of ether oxygens (including phenoxy) is 2. The first-order valence-corrected chi connectivity index (χ1v) is 10.6. The van der Waals surface area contributed by atoms with E-state index in [-0.39, 0.29) is 29.4 Å². The van der Waals surface area contributed by atoms with E-state index >= 15 is 0 Å². The maximum absolute atomic E-state index is 13.5. The lowest BCUT2D eigenvalue weighted by Crippen LogP contribution is -2.43. The summed E-state index contributed by atoms with van der Waals surface area (Å²) in [6.07, 6.45) is 1.36. The van der Waals surface area contributed by atoms with Gasteiger partial charge in [0, 0.05) is 47.3 Å². The number of carbonyl (C=O) groups excluding carboxylic acids is 2. The Morgan fingerprint density at radius 3 is 2.32 bits per heavy atom. The number of ketones is 1. The Labute approximate surface area is 183 Å². The Morgan fingerprint density at radius 2 is 1.68 bits per heavy atom. The molecule has 2 aliphatic rings. The fraction of sp³-hybridized carbons (Fsp3) is 0.385. The predicted octanol–water partition coefficient (Wildman–Crippen LogP) is 5.18. The molecule has 0 fully saturated rings. The van der Waals surface area contributed by atoms with E-state index in [2.05, 4.69) is 13.8 Å². The predicted molar refractivity (Wildman–Crippen MR) is 121 cm³/mol. The number of hydrogen-bond donors (Lipinski definition) is 0. The van der Waals surface area contributed by atoms with E-state index in [4.69, 9.17) is 9.47 Å². The summed E-state index contributed by atoms with van der Waals surface area (Å²) in [6.45, 7) is 6.19. The zero-order valence-corrected chi connectivity index (χ0v) is 18.8. The van der Waals surface area contributed by atoms with E-state index < -0.39 is 0 Å². The highest BCUT2D eigenvalue weighted by molar-refractivity contribution is 6.08. The number of Topliss-reactive ketones (excluding diaryl/α,β-unsaturated/α-hetero) is 1. The average molecular weight is 420 g/mol. The molecule has 1 amide bonds. The summed E-state index contributed by atoms with van der Waals surface area (Å²) in [5, 5.41) is 0. The van der Waals surface area contributed by atoms with Crippen LogP contribution in [0.5, 0.6) is 11.5 Å². The number of anilines is 1. The van der Waals surface area contributed by atoms with Crippen molar-refractivity contribution >= 4 is 17.4 Å². The molecule has 162 valence electrons. The van der Waals surface area contributed by atoms with Gasteiger partial charge in [-0.25, -0.2) is 0 Å². The lowest BCUT2D eigenvalue weighted by Gasteiger charge is -2.43. The molecular weight excluding hydrogens is 390 g/mol. The highest BCUT2D eigenvalue weighted by atomic mass is 16.5. The largest absolute Gasteiger partial charge is 0.497 e. The van der Waals surface area contributed by atoms with Gasteiger partial charge in [-0.15, -0.1) is 0 Å². The Balaban J connectivity index is 1.90. The van der Waals surface area contributed by atoms with Gasteiger partial charge in [-0.2, -0.15) is 0 Å². The number of allylic oxidation sites excluding steroid dienone is 2. The molecule has 0 spiro atoms. The number of hydrogen-bond acceptors (Lipinski definition) is 4. The van der Waals surface area contributed by atoms with Gasteiger partial charge >= 0.3 is 0 Å². The summed E-state index contributed by atoms with van der Waals surface area (Å²) >= 11 is 0. The first-order valence-electron chi connectivity index (χ1n) is 10.6. The smallest absolute Gasteiger partial charge is 0.232 e. The molecule has 0 aromatic heterocycles. The van der Waals surface area contributed by atoms with Gasteiger partial charge in [0.05, 0.1) is 14.2 Å². The van der Waals surface area contributed by atoms with Crippen molar-refractivity contribution in [3.05, 3.63) is 64.9 Å². The van der Waals surface area contributed by atoms with Crippen LogP contribution in [0.1, 0.15) is 50.2 Å². The van der Waals surface area contributed by atoms with Crippen molar-refractivity contribution < 1.29 is 19.1 Å². The zero-order chi connectivity index (χ0) is 22.3. The number of rotatable bonds is 4. The Bertz CT molecular complexity index is 1070. The Hall–Kier alpha value is -3.08. The molecule has 0 N–H and O–H groups in total. The molecule has 1 aliphatic heterocycles. The van der Waals surface area contributed by atoms with Crippen LogP contribution < -0.4 is 14.4 Å². The van der Waals surface area contributed by atoms with Crippen LogP contribution in [0.2, 0.25) is 0 Å². The minimum Gasteiger partial charge on any atom is -0.497 e. The molecule has 5 heteroatoms. The van der Waals surface area contributed by atoms with E-state index in [1.54, 1.807) is 19.1 Å². The summed E-state index contributed by atoms with van der Waals surface area (Å²) in [6, 6.07) is 13.5. The average Bonchev–Trinajstić information content (AvgIpc) is 2.72. The molecule has 2 aromatic rings. The third kappa shape index (κ3) is 3.85. The summed E-state index contributed by atoms with van der Waals surface area (Å²) in [4.78, 5) is 28.7. The molecule has 1 atom stereocenters. The van der Waals surface area contributed by atoms with Crippen molar-refractivity contribution in [2.75, 3.05) is 19.1 Å². The summed E-state index contributed by atoms with van der Waals surface area (Å²) in [5.41, 5.74) is 4.15. The lowest BCUT2D eigenvalue weighted by molar-refractivity contribution is -0.121. The van der Waals surface area contributed by atoms with E-state index in [1.807, 2.05) is 49.4 Å². The first kappa shape index (κ1) is 21.2. The second kappa shape index (κ2) is 7.88. The molecule has 4 rings (SSSR count). The second-order valence-corrected chi connectivity index (χ2v) is 9.23. The van der Waals surface area contributed by atoms with E-state index in [0.717, 1.165) is 28.1 Å². The molecule has 31 heavy (non-hydrogen) atoms. The Kier molecular flexibility index (Phi) is 5.38. The van der Waals surface area contributed by atoms with Crippen molar-refractivity contribution in [1.82, 2.24) is 0 Å². The monoisotopic (exact) mass is 419 g/mol. The highest BCUT2D eigenvalue weighted by Crippen LogP contribution is 2.49. The SMILES string of the molecule is COc1ccc([C@@H]2CC(=O)N(c3ccc(C)cc3)C3=C2C(=O)CC(C)(C)C3)c(OC)c1. The minimum atomic E-state index is -0.325. The fourth-order valence-electron chi connectivity index (χ4n) is 4.78. The van der Waals surface area contributed by atoms with Crippen LogP contribution in [-0.2, 0) is 9.59 Å². The fourth-order valence-corrected chi connectivity index (χ4v) is 4.78. The molecule has 1 heterocycles. The van der Waals surface area contributed by atoms with E-state index in [1.165, 1.54) is 0 Å². The number of carbonyl (C=O) groups is 2. The quantitative estimate of drug-likeness (QED) is 0.686. The van der Waals surface area contributed by atoms with Crippen LogP contribution in [0.4, 0.5) is 5.69 Å². The summed E-state index contributed by atoms with van der Waals surface area (Å²) in [5.74, 6) is 1.09. The van der Waals surface area contributed by atoms with Crippen LogP contribution in [0.3, 0.4) is 0 Å².